The second-order valence-corrected chi connectivity index (χ2v) is 15.9. The van der Waals surface area contributed by atoms with E-state index in [4.69, 9.17) is 4.99 Å². The molecule has 4 unspecified atom stereocenters. The molecule has 3 aliphatic rings. The van der Waals surface area contributed by atoms with E-state index in [0.717, 1.165) is 25.2 Å². The minimum Gasteiger partial charge on any atom is -0.332 e. The molecule has 0 saturated carbocycles. The minimum atomic E-state index is -0.164. The lowest BCUT2D eigenvalue weighted by Crippen LogP contribution is -2.42. The van der Waals surface area contributed by atoms with Crippen molar-refractivity contribution in [2.75, 3.05) is 0 Å². The van der Waals surface area contributed by atoms with Gasteiger partial charge in [0.1, 0.15) is 0 Å². The van der Waals surface area contributed by atoms with Gasteiger partial charge in [0, 0.05) is 49.4 Å². The lowest BCUT2D eigenvalue weighted by molar-refractivity contribution is 0.175. The van der Waals surface area contributed by atoms with Crippen LogP contribution in [0.15, 0.2) is 151 Å². The normalized spacial score (nSPS) is 23.9. The molecule has 7 aromatic rings. The number of para-hydroxylation sites is 3. The van der Waals surface area contributed by atoms with Crippen molar-refractivity contribution in [1.82, 2.24) is 14.5 Å². The summed E-state index contributed by atoms with van der Waals surface area (Å²) in [6.45, 7) is 7.23. The van der Waals surface area contributed by atoms with Crippen molar-refractivity contribution in [1.29, 1.82) is 0 Å². The number of nitrogens with zero attached hydrogens (tertiary/aromatic N) is 3. The number of rotatable bonds is 4. The molecule has 4 heteroatoms. The van der Waals surface area contributed by atoms with Crippen molar-refractivity contribution in [2.24, 2.45) is 16.3 Å². The number of aromatic nitrogens is 2. The molecule has 0 amide bonds. The third kappa shape index (κ3) is 4.99. The van der Waals surface area contributed by atoms with E-state index >= 15 is 0 Å². The van der Waals surface area contributed by atoms with E-state index in [9.17, 15) is 0 Å². The Hall–Kier alpha value is -5.87. The van der Waals surface area contributed by atoms with Gasteiger partial charge >= 0.3 is 0 Å². The van der Waals surface area contributed by atoms with Crippen LogP contribution in [0.4, 0.5) is 0 Å². The number of benzene rings is 5. The highest BCUT2D eigenvalue weighted by atomic mass is 15.2. The van der Waals surface area contributed by atoms with Gasteiger partial charge in [-0.1, -0.05) is 130 Å². The third-order valence-electron chi connectivity index (χ3n) is 12.7. The zero-order chi connectivity index (χ0) is 35.7. The molecular formula is C49H44N4. The largest absolute Gasteiger partial charge is 0.332 e. The predicted octanol–water partition coefficient (Wildman–Crippen LogP) is 9.87. The van der Waals surface area contributed by atoms with Gasteiger partial charge in [-0.2, -0.15) is 0 Å². The van der Waals surface area contributed by atoms with Gasteiger partial charge in [0.25, 0.3) is 0 Å². The highest BCUT2D eigenvalue weighted by Gasteiger charge is 2.41. The maximum absolute atomic E-state index is 5.51. The van der Waals surface area contributed by atoms with Gasteiger partial charge in [-0.25, -0.2) is 4.99 Å². The van der Waals surface area contributed by atoms with Gasteiger partial charge in [-0.15, -0.1) is 0 Å². The standard InChI is InChI=1S/C49H44N4/c1-33-30-35(34-14-6-4-7-15-34)24-28-49(33,3)46-26-29-50-47(51-46)53-43-21-13-10-18-38(43)40-31-36(22-23-44(40)53)48(2)27-25-45-41(32-48)39-19-11-12-20-42(39)52(45)37-16-8-5-9-17-37/h4-26,29,31-33,46H,27-28,30H2,1-3H3,(H,50,51). The molecule has 260 valence electrons. The molecule has 2 aromatic heterocycles. The first kappa shape index (κ1) is 31.8. The summed E-state index contributed by atoms with van der Waals surface area (Å²) in [7, 11) is 0. The predicted molar refractivity (Wildman–Crippen MR) is 223 cm³/mol. The van der Waals surface area contributed by atoms with Gasteiger partial charge in [0.05, 0.1) is 22.6 Å². The van der Waals surface area contributed by atoms with Crippen LogP contribution in [-0.4, -0.2) is 21.1 Å². The van der Waals surface area contributed by atoms with Gasteiger partial charge in [0.2, 0.25) is 5.96 Å². The van der Waals surface area contributed by atoms with E-state index in [1.165, 1.54) is 65.7 Å². The Balaban J connectivity index is 1.06. The van der Waals surface area contributed by atoms with E-state index < -0.39 is 0 Å². The quantitative estimate of drug-likeness (QED) is 0.196. The lowest BCUT2D eigenvalue weighted by atomic mass is 9.64. The van der Waals surface area contributed by atoms with E-state index in [1.807, 2.05) is 0 Å². The molecule has 0 fully saturated rings. The molecule has 10 rings (SSSR count). The average molecular weight is 689 g/mol. The second kappa shape index (κ2) is 12.1. The van der Waals surface area contributed by atoms with Crippen LogP contribution in [0.1, 0.15) is 51.2 Å². The Morgan fingerprint density at radius 2 is 1.36 bits per heavy atom. The Morgan fingerprint density at radius 1 is 0.679 bits per heavy atom. The van der Waals surface area contributed by atoms with Crippen LogP contribution in [0.2, 0.25) is 0 Å². The number of nitrogens with one attached hydrogen (secondary N) is 1. The minimum absolute atomic E-state index is 0.0124. The molecule has 53 heavy (non-hydrogen) atoms. The molecule has 1 N–H and O–H groups in total. The summed E-state index contributed by atoms with van der Waals surface area (Å²) in [4.78, 5) is 5.51. The Morgan fingerprint density at radius 3 is 2.13 bits per heavy atom. The zero-order valence-corrected chi connectivity index (χ0v) is 30.6. The van der Waals surface area contributed by atoms with Crippen LogP contribution in [0.5, 0.6) is 0 Å². The molecule has 0 radical (unpaired) electrons. The van der Waals surface area contributed by atoms with Gasteiger partial charge in [-0.3, -0.25) is 4.57 Å². The van der Waals surface area contributed by atoms with Gasteiger partial charge < -0.3 is 9.88 Å². The molecule has 2 aliphatic carbocycles. The van der Waals surface area contributed by atoms with Gasteiger partial charge in [-0.05, 0) is 84.4 Å². The summed E-state index contributed by atoms with van der Waals surface area (Å²) in [6, 6.07) is 46.4. The monoisotopic (exact) mass is 688 g/mol. The van der Waals surface area contributed by atoms with E-state index in [-0.39, 0.29) is 16.9 Å². The van der Waals surface area contributed by atoms with Crippen molar-refractivity contribution in [3.63, 3.8) is 0 Å². The smallest absolute Gasteiger partial charge is 0.207 e. The lowest BCUT2D eigenvalue weighted by Gasteiger charge is -2.43. The first-order valence-corrected chi connectivity index (χ1v) is 19.1. The summed E-state index contributed by atoms with van der Waals surface area (Å²) >= 11 is 0. The molecule has 1 aliphatic heterocycles. The highest BCUT2D eigenvalue weighted by Crippen LogP contribution is 2.47. The zero-order valence-electron chi connectivity index (χ0n) is 30.6. The number of allylic oxidation sites excluding steroid dienone is 2. The molecule has 4 nitrogen and oxygen atoms in total. The van der Waals surface area contributed by atoms with E-state index in [1.54, 1.807) is 0 Å². The Kier molecular flexibility index (Phi) is 7.27. The molecule has 4 atom stereocenters. The highest BCUT2D eigenvalue weighted by molar-refractivity contribution is 6.14. The summed E-state index contributed by atoms with van der Waals surface area (Å²) in [5, 5.41) is 9.97. The van der Waals surface area contributed by atoms with Crippen LogP contribution in [-0.2, 0) is 5.41 Å². The molecule has 0 bridgehead atoms. The third-order valence-corrected chi connectivity index (χ3v) is 12.7. The molecule has 3 heterocycles. The molecular weight excluding hydrogens is 645 g/mol. The van der Waals surface area contributed by atoms with Crippen molar-refractivity contribution < 1.29 is 0 Å². The van der Waals surface area contributed by atoms with Gasteiger partial charge in [0.15, 0.2) is 0 Å². The van der Waals surface area contributed by atoms with Crippen molar-refractivity contribution in [3.8, 4) is 5.69 Å². The first-order chi connectivity index (χ1) is 25.9. The summed E-state index contributed by atoms with van der Waals surface area (Å²) in [5.74, 6) is 1.37. The van der Waals surface area contributed by atoms with E-state index in [2.05, 4.69) is 193 Å². The SMILES string of the molecule is CC1CC(c2ccccc2)=CCC1(C)C1C=CNC(n2c3ccccc3c3cc(C4(C)C=c5c(n(-c6ccccc6)c6ccccc56)=CC4)ccc32)=N1. The summed E-state index contributed by atoms with van der Waals surface area (Å²) in [6.07, 6.45) is 14.8. The Labute approximate surface area is 310 Å². The maximum Gasteiger partial charge on any atom is 0.207 e. The molecule has 0 spiro atoms. The number of hydrogen-bond donors (Lipinski definition) is 1. The fourth-order valence-electron chi connectivity index (χ4n) is 9.34. The topological polar surface area (TPSA) is 34.2 Å². The van der Waals surface area contributed by atoms with Crippen molar-refractivity contribution >= 4 is 56.4 Å². The van der Waals surface area contributed by atoms with Crippen LogP contribution in [0.3, 0.4) is 0 Å². The van der Waals surface area contributed by atoms with Crippen molar-refractivity contribution in [2.45, 2.75) is 51.5 Å². The summed E-state index contributed by atoms with van der Waals surface area (Å²) < 4.78 is 4.77. The number of fused-ring (bicyclic) bond motifs is 6. The van der Waals surface area contributed by atoms with Crippen LogP contribution in [0.25, 0.3) is 56.1 Å². The second-order valence-electron chi connectivity index (χ2n) is 15.9. The molecule has 5 aromatic carbocycles. The fraction of sp³-hybridized carbons (Fsp3) is 0.204. The Bertz CT molecular complexity index is 2780. The van der Waals surface area contributed by atoms with E-state index in [0.29, 0.717) is 5.92 Å². The van der Waals surface area contributed by atoms with Crippen LogP contribution < -0.4 is 15.9 Å². The number of aliphatic imine (C=N–C) groups is 1. The van der Waals surface area contributed by atoms with Crippen LogP contribution in [0, 0.1) is 11.3 Å². The van der Waals surface area contributed by atoms with Crippen molar-refractivity contribution in [3.05, 3.63) is 167 Å². The summed E-state index contributed by atoms with van der Waals surface area (Å²) in [5.41, 5.74) is 8.76. The average Bonchev–Trinajstić information content (AvgIpc) is 3.72. The first-order valence-electron chi connectivity index (χ1n) is 19.1. The number of hydrogen-bond acceptors (Lipinski definition) is 2. The molecule has 0 saturated heterocycles. The van der Waals surface area contributed by atoms with Crippen LogP contribution >= 0.6 is 0 Å². The fourth-order valence-corrected chi connectivity index (χ4v) is 9.34. The maximum atomic E-state index is 5.51.